The largest absolute Gasteiger partial charge is 0.497 e. The average molecular weight is 656 g/mol. The fourth-order valence-corrected chi connectivity index (χ4v) is 6.82. The van der Waals surface area contributed by atoms with Crippen molar-refractivity contribution in [1.29, 1.82) is 0 Å². The van der Waals surface area contributed by atoms with Crippen molar-refractivity contribution in [1.82, 2.24) is 10.2 Å². The number of ether oxygens (including phenoxy) is 1. The number of amides is 2. The Hall–Kier alpha value is -4.63. The zero-order chi connectivity index (χ0) is 34.1. The van der Waals surface area contributed by atoms with E-state index >= 15 is 0 Å². The number of hydrogen-bond donors (Lipinski definition) is 1. The molecule has 4 rings (SSSR count). The Kier molecular flexibility index (Phi) is 11.8. The van der Waals surface area contributed by atoms with Crippen LogP contribution in [-0.2, 0) is 32.6 Å². The van der Waals surface area contributed by atoms with E-state index in [1.54, 1.807) is 43.5 Å². The number of rotatable bonds is 14. The maximum Gasteiger partial charge on any atom is 0.264 e. The lowest BCUT2D eigenvalue weighted by Crippen LogP contribution is -2.54. The topological polar surface area (TPSA) is 96.0 Å². The second kappa shape index (κ2) is 15.8. The predicted molar refractivity (Wildman–Crippen MR) is 187 cm³/mol. The van der Waals surface area contributed by atoms with E-state index in [1.807, 2.05) is 95.3 Å². The minimum absolute atomic E-state index is 0.0622. The van der Waals surface area contributed by atoms with Gasteiger partial charge < -0.3 is 15.0 Å². The van der Waals surface area contributed by atoms with Gasteiger partial charge in [0.05, 0.1) is 17.7 Å². The van der Waals surface area contributed by atoms with E-state index < -0.39 is 28.5 Å². The Morgan fingerprint density at radius 3 is 2.06 bits per heavy atom. The molecule has 0 aliphatic rings. The van der Waals surface area contributed by atoms with Gasteiger partial charge in [0.25, 0.3) is 10.0 Å². The molecule has 0 heterocycles. The van der Waals surface area contributed by atoms with Gasteiger partial charge in [-0.15, -0.1) is 0 Å². The second-order valence-electron chi connectivity index (χ2n) is 12.1. The van der Waals surface area contributed by atoms with Crippen LogP contribution in [0.2, 0.25) is 0 Å². The molecule has 2 amide bonds. The first kappa shape index (κ1) is 35.2. The van der Waals surface area contributed by atoms with Crippen molar-refractivity contribution >= 4 is 27.5 Å². The van der Waals surface area contributed by atoms with Crippen molar-refractivity contribution in [2.75, 3.05) is 18.0 Å². The van der Waals surface area contributed by atoms with Crippen LogP contribution in [0.4, 0.5) is 5.69 Å². The molecule has 4 aromatic rings. The first-order valence-corrected chi connectivity index (χ1v) is 17.3. The second-order valence-corrected chi connectivity index (χ2v) is 13.9. The van der Waals surface area contributed by atoms with Gasteiger partial charge in [0, 0.05) is 19.0 Å². The van der Waals surface area contributed by atoms with E-state index in [0.717, 1.165) is 32.1 Å². The number of nitrogens with zero attached hydrogens (tertiary/aromatic N) is 2. The van der Waals surface area contributed by atoms with Crippen LogP contribution in [0.1, 0.15) is 48.1 Å². The summed E-state index contributed by atoms with van der Waals surface area (Å²) in [6, 6.07) is 27.8. The van der Waals surface area contributed by atoms with Crippen molar-refractivity contribution in [2.24, 2.45) is 0 Å². The standard InChI is InChI=1S/C38H45N3O5S/c1-7-30(5)39-38(43)36(24-31-12-9-8-10-13-31)40(25-32-14-11-15-34(23-32)46-6)37(42)26-41(33-21-28(3)20-29(4)22-33)47(44,45)35-18-16-27(2)17-19-35/h8-23,30,36H,7,24-26H2,1-6H3,(H,39,43). The Bertz CT molecular complexity index is 1750. The number of sulfonamides is 1. The summed E-state index contributed by atoms with van der Waals surface area (Å²) in [5.41, 5.74) is 4.63. The number of carbonyl (C=O) groups is 2. The van der Waals surface area contributed by atoms with Crippen molar-refractivity contribution in [3.63, 3.8) is 0 Å². The van der Waals surface area contributed by atoms with Gasteiger partial charge in [0.1, 0.15) is 18.3 Å². The van der Waals surface area contributed by atoms with Crippen LogP contribution >= 0.6 is 0 Å². The van der Waals surface area contributed by atoms with Crippen LogP contribution in [0.5, 0.6) is 5.75 Å². The summed E-state index contributed by atoms with van der Waals surface area (Å²) in [6.45, 7) is 9.11. The third-order valence-electron chi connectivity index (χ3n) is 8.14. The predicted octanol–water partition coefficient (Wildman–Crippen LogP) is 6.37. The normalized spacial score (nSPS) is 12.6. The van der Waals surface area contributed by atoms with E-state index in [-0.39, 0.29) is 29.8 Å². The molecule has 9 heteroatoms. The number of aryl methyl sites for hydroxylation is 3. The summed E-state index contributed by atoms with van der Waals surface area (Å²) >= 11 is 0. The summed E-state index contributed by atoms with van der Waals surface area (Å²) in [5, 5.41) is 3.07. The van der Waals surface area contributed by atoms with Gasteiger partial charge in [0.15, 0.2) is 0 Å². The summed E-state index contributed by atoms with van der Waals surface area (Å²) < 4.78 is 35.2. The zero-order valence-corrected chi connectivity index (χ0v) is 28.9. The van der Waals surface area contributed by atoms with Crippen molar-refractivity contribution in [2.45, 2.75) is 71.0 Å². The molecule has 0 bridgehead atoms. The van der Waals surface area contributed by atoms with Gasteiger partial charge >= 0.3 is 0 Å². The fraction of sp³-hybridized carbons (Fsp3) is 0.316. The van der Waals surface area contributed by atoms with Gasteiger partial charge in [-0.2, -0.15) is 0 Å². The molecule has 47 heavy (non-hydrogen) atoms. The molecule has 1 N–H and O–H groups in total. The molecule has 248 valence electrons. The first-order valence-electron chi connectivity index (χ1n) is 15.9. The van der Waals surface area contributed by atoms with Gasteiger partial charge in [-0.3, -0.25) is 13.9 Å². The number of benzene rings is 4. The number of carbonyl (C=O) groups excluding carboxylic acids is 2. The lowest BCUT2D eigenvalue weighted by Gasteiger charge is -2.34. The van der Waals surface area contributed by atoms with E-state index in [2.05, 4.69) is 5.32 Å². The molecule has 2 atom stereocenters. The SMILES string of the molecule is CCC(C)NC(=O)C(Cc1ccccc1)N(Cc1cccc(OC)c1)C(=O)CN(c1cc(C)cc(C)c1)S(=O)(=O)c1ccc(C)cc1. The number of hydrogen-bond acceptors (Lipinski definition) is 5. The molecule has 2 unspecified atom stereocenters. The van der Waals surface area contributed by atoms with Crippen molar-refractivity contribution in [3.8, 4) is 5.75 Å². The quantitative estimate of drug-likeness (QED) is 0.170. The average Bonchev–Trinajstić information content (AvgIpc) is 3.05. The smallest absolute Gasteiger partial charge is 0.264 e. The molecule has 8 nitrogen and oxygen atoms in total. The maximum absolute atomic E-state index is 14.7. The van der Waals surface area contributed by atoms with Gasteiger partial charge in [-0.25, -0.2) is 8.42 Å². The highest BCUT2D eigenvalue weighted by Gasteiger charge is 2.35. The van der Waals surface area contributed by atoms with Crippen LogP contribution < -0.4 is 14.4 Å². The maximum atomic E-state index is 14.7. The minimum Gasteiger partial charge on any atom is -0.497 e. The first-order chi connectivity index (χ1) is 22.4. The minimum atomic E-state index is -4.18. The molecule has 0 aliphatic heterocycles. The highest BCUT2D eigenvalue weighted by molar-refractivity contribution is 7.92. The van der Waals surface area contributed by atoms with Gasteiger partial charge in [0.2, 0.25) is 11.8 Å². The highest BCUT2D eigenvalue weighted by Crippen LogP contribution is 2.27. The highest BCUT2D eigenvalue weighted by atomic mass is 32.2. The van der Waals surface area contributed by atoms with Crippen LogP contribution in [0.15, 0.2) is 102 Å². The summed E-state index contributed by atoms with van der Waals surface area (Å²) in [4.78, 5) is 30.3. The van der Waals surface area contributed by atoms with E-state index in [1.165, 1.54) is 4.90 Å². The Morgan fingerprint density at radius 1 is 0.809 bits per heavy atom. The molecule has 4 aromatic carbocycles. The van der Waals surface area contributed by atoms with E-state index in [0.29, 0.717) is 17.9 Å². The molecule has 0 aliphatic carbocycles. The van der Waals surface area contributed by atoms with Crippen LogP contribution in [0.3, 0.4) is 0 Å². The summed E-state index contributed by atoms with van der Waals surface area (Å²) in [7, 11) is -2.61. The Labute approximate surface area is 279 Å². The summed E-state index contributed by atoms with van der Waals surface area (Å²) in [5.74, 6) is -0.209. The van der Waals surface area contributed by atoms with Crippen molar-refractivity contribution in [3.05, 3.63) is 125 Å². The van der Waals surface area contributed by atoms with Crippen molar-refractivity contribution < 1.29 is 22.7 Å². The fourth-order valence-electron chi connectivity index (χ4n) is 5.42. The Balaban J connectivity index is 1.84. The summed E-state index contributed by atoms with van der Waals surface area (Å²) in [6.07, 6.45) is 0.954. The molecule has 0 saturated heterocycles. The molecule has 0 aromatic heterocycles. The van der Waals surface area contributed by atoms with Crippen LogP contribution in [-0.4, -0.2) is 50.9 Å². The third-order valence-corrected chi connectivity index (χ3v) is 9.93. The Morgan fingerprint density at radius 2 is 1.45 bits per heavy atom. The third kappa shape index (κ3) is 9.23. The van der Waals surface area contributed by atoms with Gasteiger partial charge in [-0.05, 0) is 92.8 Å². The van der Waals surface area contributed by atoms with Gasteiger partial charge in [-0.1, -0.05) is 73.2 Å². The molecule has 0 spiro atoms. The lowest BCUT2D eigenvalue weighted by molar-refractivity contribution is -0.140. The van der Waals surface area contributed by atoms with E-state index in [4.69, 9.17) is 4.74 Å². The molecular formula is C38H45N3O5S. The monoisotopic (exact) mass is 655 g/mol. The number of methoxy groups -OCH3 is 1. The molecular weight excluding hydrogens is 611 g/mol. The molecule has 0 radical (unpaired) electrons. The van der Waals surface area contributed by atoms with Crippen LogP contribution in [0.25, 0.3) is 0 Å². The zero-order valence-electron chi connectivity index (χ0n) is 28.1. The lowest BCUT2D eigenvalue weighted by atomic mass is 10.0. The number of nitrogens with one attached hydrogen (secondary N) is 1. The number of anilines is 1. The molecule has 0 saturated carbocycles. The molecule has 0 fully saturated rings. The van der Waals surface area contributed by atoms with Crippen LogP contribution in [0, 0.1) is 20.8 Å². The van der Waals surface area contributed by atoms with E-state index in [9.17, 15) is 18.0 Å².